The minimum absolute atomic E-state index is 0.0648. The zero-order chi connectivity index (χ0) is 15.7. The van der Waals surface area contributed by atoms with Gasteiger partial charge in [0.15, 0.2) is 12.0 Å². The van der Waals surface area contributed by atoms with Gasteiger partial charge in [0.25, 0.3) is 0 Å². The van der Waals surface area contributed by atoms with Crippen LogP contribution in [0.3, 0.4) is 0 Å². The van der Waals surface area contributed by atoms with Gasteiger partial charge in [-0.2, -0.15) is 0 Å². The van der Waals surface area contributed by atoms with E-state index < -0.39 is 12.4 Å². The topological polar surface area (TPSA) is 76.0 Å². The number of hydrogen-bond donors (Lipinski definition) is 2. The van der Waals surface area contributed by atoms with Crippen LogP contribution in [0.4, 0.5) is 4.79 Å². The Kier molecular flexibility index (Phi) is 9.91. The molecule has 1 atom stereocenters. The third-order valence-electron chi connectivity index (χ3n) is 1.58. The van der Waals surface area contributed by atoms with E-state index in [1.807, 2.05) is 12.1 Å². The van der Waals surface area contributed by atoms with Crippen LogP contribution in [-0.4, -0.2) is 29.3 Å². The molecule has 0 saturated carbocycles. The van der Waals surface area contributed by atoms with E-state index in [-0.39, 0.29) is 6.61 Å². The number of aliphatic hydroxyl groups excluding tert-OH is 1. The second-order valence-electron chi connectivity index (χ2n) is 3.28. The molecule has 0 aliphatic rings. The largest absolute Gasteiger partial charge is 0.506 e. The van der Waals surface area contributed by atoms with E-state index >= 15 is 0 Å². The third kappa shape index (κ3) is 8.57. The monoisotopic (exact) mass is 474 g/mol. The average Bonchev–Trinajstić information content (AvgIpc) is 2.31. The lowest BCUT2D eigenvalue weighted by Gasteiger charge is -2.12. The molecular weight excluding hydrogens is 464 g/mol. The molecule has 0 saturated heterocycles. The minimum atomic E-state index is -1.26. The number of carboxylic acid groups (broad SMARTS) is 1. The van der Waals surface area contributed by atoms with Crippen LogP contribution in [0.2, 0.25) is 0 Å². The number of halogens is 3. The molecule has 0 bridgehead atoms. The zero-order valence-corrected chi connectivity index (χ0v) is 15.2. The molecule has 1 unspecified atom stereocenters. The van der Waals surface area contributed by atoms with Gasteiger partial charge >= 0.3 is 6.16 Å². The summed E-state index contributed by atoms with van der Waals surface area (Å²) in [5.41, 5.74) is 0. The van der Waals surface area contributed by atoms with E-state index in [9.17, 15) is 4.79 Å². The van der Waals surface area contributed by atoms with Gasteiger partial charge in [0.2, 0.25) is 0 Å². The summed E-state index contributed by atoms with van der Waals surface area (Å²) in [6, 6.07) is 3.70. The molecule has 20 heavy (non-hydrogen) atoms. The van der Waals surface area contributed by atoms with Crippen LogP contribution in [0.15, 0.2) is 38.2 Å². The van der Waals surface area contributed by atoms with Crippen molar-refractivity contribution >= 4 is 53.9 Å². The van der Waals surface area contributed by atoms with E-state index in [0.29, 0.717) is 5.75 Å². The van der Waals surface area contributed by atoms with Gasteiger partial charge in [-0.05, 0) is 50.9 Å². The summed E-state index contributed by atoms with van der Waals surface area (Å²) in [5, 5.41) is 16.8. The highest BCUT2D eigenvalue weighted by Gasteiger charge is 2.09. The quantitative estimate of drug-likeness (QED) is 0.378. The molecule has 0 spiro atoms. The standard InChI is InChI=1S/C8H7Br3O2.C4H6O3/c1-4(12)13-8-6(10)2-5(9)3-7(8)11;1-2-3-7-4(5)6/h2-4,12H,1H3;2H,1,3H2,(H,5,6). The molecule has 1 rings (SSSR count). The first-order valence-corrected chi connectivity index (χ1v) is 7.61. The molecule has 0 aliphatic heterocycles. The summed E-state index contributed by atoms with van der Waals surface area (Å²) in [6.45, 7) is 4.87. The Morgan fingerprint density at radius 3 is 2.20 bits per heavy atom. The molecule has 1 aromatic rings. The van der Waals surface area contributed by atoms with E-state index in [2.05, 4.69) is 59.1 Å². The van der Waals surface area contributed by atoms with Crippen molar-refractivity contribution in [2.45, 2.75) is 13.2 Å². The number of hydrogen-bond acceptors (Lipinski definition) is 4. The Labute approximate surface area is 142 Å². The smallest absolute Gasteiger partial charge is 0.463 e. The number of rotatable bonds is 4. The van der Waals surface area contributed by atoms with Gasteiger partial charge in [0, 0.05) is 4.47 Å². The van der Waals surface area contributed by atoms with Crippen molar-refractivity contribution in [3.8, 4) is 5.75 Å². The van der Waals surface area contributed by atoms with Gasteiger partial charge in [0.1, 0.15) is 6.61 Å². The number of carbonyl (C=O) groups is 1. The van der Waals surface area contributed by atoms with E-state index in [4.69, 9.17) is 14.9 Å². The maximum atomic E-state index is 9.49. The van der Waals surface area contributed by atoms with Crippen LogP contribution in [0.25, 0.3) is 0 Å². The highest BCUT2D eigenvalue weighted by Crippen LogP contribution is 2.36. The molecule has 1 aromatic carbocycles. The fourth-order valence-electron chi connectivity index (χ4n) is 0.942. The first-order chi connectivity index (χ1) is 9.27. The van der Waals surface area contributed by atoms with Crippen molar-refractivity contribution in [1.29, 1.82) is 0 Å². The van der Waals surface area contributed by atoms with Crippen LogP contribution in [-0.2, 0) is 4.74 Å². The summed E-state index contributed by atoms with van der Waals surface area (Å²) in [4.78, 5) is 9.49. The van der Waals surface area contributed by atoms with Gasteiger partial charge in [-0.15, -0.1) is 0 Å². The van der Waals surface area contributed by atoms with Crippen LogP contribution in [0.1, 0.15) is 6.92 Å². The maximum absolute atomic E-state index is 9.49. The predicted molar refractivity (Wildman–Crippen MR) is 86.0 cm³/mol. The van der Waals surface area contributed by atoms with Crippen molar-refractivity contribution < 1.29 is 24.5 Å². The molecule has 0 aromatic heterocycles. The first kappa shape index (κ1) is 19.4. The lowest BCUT2D eigenvalue weighted by Crippen LogP contribution is -2.10. The van der Waals surface area contributed by atoms with E-state index in [1.165, 1.54) is 6.08 Å². The Balaban J connectivity index is 0.000000441. The summed E-state index contributed by atoms with van der Waals surface area (Å²) in [6.07, 6.45) is -0.720. The normalized spacial score (nSPS) is 10.8. The summed E-state index contributed by atoms with van der Waals surface area (Å²) in [5.74, 6) is 0.596. The Morgan fingerprint density at radius 1 is 1.40 bits per heavy atom. The lowest BCUT2D eigenvalue weighted by molar-refractivity contribution is -0.00146. The van der Waals surface area contributed by atoms with Gasteiger partial charge in [-0.25, -0.2) is 4.79 Å². The van der Waals surface area contributed by atoms with Crippen LogP contribution < -0.4 is 4.74 Å². The zero-order valence-electron chi connectivity index (χ0n) is 10.5. The molecule has 0 fully saturated rings. The number of benzene rings is 1. The molecular formula is C12H13Br3O5. The van der Waals surface area contributed by atoms with Crippen LogP contribution in [0, 0.1) is 0 Å². The fraction of sp³-hybridized carbons (Fsp3) is 0.250. The maximum Gasteiger partial charge on any atom is 0.506 e. The van der Waals surface area contributed by atoms with Gasteiger partial charge in [0.05, 0.1) is 8.95 Å². The molecule has 0 radical (unpaired) electrons. The minimum Gasteiger partial charge on any atom is -0.463 e. The Morgan fingerprint density at radius 2 is 1.90 bits per heavy atom. The SMILES string of the molecule is C=CCOC(=O)O.CC(O)Oc1c(Br)cc(Br)cc1Br. The molecule has 0 amide bonds. The average molecular weight is 477 g/mol. The van der Waals surface area contributed by atoms with Crippen molar-refractivity contribution in [1.82, 2.24) is 0 Å². The Bertz CT molecular complexity index is 439. The Hall–Kier alpha value is -0.570. The van der Waals surface area contributed by atoms with E-state index in [0.717, 1.165) is 13.4 Å². The van der Waals surface area contributed by atoms with Crippen LogP contribution in [0.5, 0.6) is 5.75 Å². The highest BCUT2D eigenvalue weighted by atomic mass is 79.9. The summed E-state index contributed by atoms with van der Waals surface area (Å²) >= 11 is 10.00. The van der Waals surface area contributed by atoms with Gasteiger partial charge in [-0.1, -0.05) is 28.6 Å². The van der Waals surface area contributed by atoms with Crippen molar-refractivity contribution in [3.63, 3.8) is 0 Å². The number of aliphatic hydroxyl groups is 1. The summed E-state index contributed by atoms with van der Waals surface area (Å²) < 4.78 is 11.7. The third-order valence-corrected chi connectivity index (χ3v) is 3.21. The predicted octanol–water partition coefficient (Wildman–Crippen LogP) is 4.56. The van der Waals surface area contributed by atoms with Gasteiger partial charge in [-0.3, -0.25) is 0 Å². The lowest BCUT2D eigenvalue weighted by atomic mass is 10.3. The van der Waals surface area contributed by atoms with Crippen molar-refractivity contribution in [2.24, 2.45) is 0 Å². The van der Waals surface area contributed by atoms with Crippen molar-refractivity contribution in [3.05, 3.63) is 38.2 Å². The second kappa shape index (κ2) is 10.2. The van der Waals surface area contributed by atoms with Crippen LogP contribution >= 0.6 is 47.8 Å². The number of ether oxygens (including phenoxy) is 2. The first-order valence-electron chi connectivity index (χ1n) is 5.23. The van der Waals surface area contributed by atoms with E-state index in [1.54, 1.807) is 6.92 Å². The molecule has 5 nitrogen and oxygen atoms in total. The molecule has 0 heterocycles. The van der Waals surface area contributed by atoms with Crippen molar-refractivity contribution in [2.75, 3.05) is 6.61 Å². The second-order valence-corrected chi connectivity index (χ2v) is 5.91. The fourth-order valence-corrected chi connectivity index (χ4v) is 3.39. The molecule has 2 N–H and O–H groups in total. The molecule has 8 heteroatoms. The summed E-state index contributed by atoms with van der Waals surface area (Å²) in [7, 11) is 0. The molecule has 0 aliphatic carbocycles. The van der Waals surface area contributed by atoms with Gasteiger partial charge < -0.3 is 19.7 Å². The highest BCUT2D eigenvalue weighted by molar-refractivity contribution is 9.11. The molecule has 112 valence electrons.